The Kier molecular flexibility index (Phi) is 11.0. The quantitative estimate of drug-likeness (QED) is 0.165. The van der Waals surface area contributed by atoms with E-state index in [0.29, 0.717) is 49.6 Å². The van der Waals surface area contributed by atoms with E-state index < -0.39 is 23.2 Å². The van der Waals surface area contributed by atoms with Gasteiger partial charge in [0.1, 0.15) is 0 Å². The molecule has 0 spiro atoms. The number of carbonyl (C=O) groups excluding carboxylic acids is 1. The first-order valence-corrected chi connectivity index (χ1v) is 19.6. The number of fused-ring (bicyclic) bond motifs is 10. The van der Waals surface area contributed by atoms with Gasteiger partial charge in [0, 0.05) is 36.5 Å². The summed E-state index contributed by atoms with van der Waals surface area (Å²) in [5.74, 6) is 2.34. The minimum Gasteiger partial charge on any atom is -0.394 e. The molecule has 8 rings (SSSR count). The number of aliphatic hydroxyl groups excluding tert-OH is 3. The lowest BCUT2D eigenvalue weighted by molar-refractivity contribution is -0.126. The molecule has 1 aromatic rings. The number of hydrogen-bond acceptors (Lipinski definition) is 6. The number of rotatable bonds is 9. The molecule has 0 amide bonds. The van der Waals surface area contributed by atoms with Gasteiger partial charge in [0.15, 0.2) is 5.78 Å². The van der Waals surface area contributed by atoms with Crippen LogP contribution in [0.15, 0.2) is 29.8 Å². The first-order chi connectivity index (χ1) is 22.8. The minimum absolute atomic E-state index is 0.0197. The number of allylic oxidation sites excluding steroid dienone is 2. The number of ketones is 1. The monoisotopic (exact) mass is 663 g/mol. The molecule has 1 aromatic carbocycles. The van der Waals surface area contributed by atoms with Crippen LogP contribution in [0.4, 0.5) is 0 Å². The Morgan fingerprint density at radius 2 is 1.79 bits per heavy atom. The highest BCUT2D eigenvalue weighted by Gasteiger charge is 2.58. The van der Waals surface area contributed by atoms with Crippen LogP contribution in [0.5, 0.6) is 0 Å². The van der Waals surface area contributed by atoms with Gasteiger partial charge in [-0.3, -0.25) is 9.69 Å². The van der Waals surface area contributed by atoms with Gasteiger partial charge in [-0.25, -0.2) is 0 Å². The molecule has 6 heteroatoms. The molecule has 7 aliphatic carbocycles. The third kappa shape index (κ3) is 7.13. The number of nitrogens with zero attached hydrogens (tertiary/aromatic N) is 1. The zero-order chi connectivity index (χ0) is 34.3. The second-order valence-corrected chi connectivity index (χ2v) is 17.9. The largest absolute Gasteiger partial charge is 0.394 e. The fourth-order valence-corrected chi connectivity index (χ4v) is 11.2. The van der Waals surface area contributed by atoms with Crippen LogP contribution in [-0.2, 0) is 6.42 Å². The molecule has 5 saturated carbocycles. The Balaban J connectivity index is 1.35. The summed E-state index contributed by atoms with van der Waals surface area (Å²) in [6.45, 7) is 10.6. The molecule has 0 radical (unpaired) electrons. The van der Waals surface area contributed by atoms with E-state index in [4.69, 9.17) is 0 Å². The Bertz CT molecular complexity index is 1310. The van der Waals surface area contributed by atoms with Gasteiger partial charge >= 0.3 is 0 Å². The molecule has 8 atom stereocenters. The van der Waals surface area contributed by atoms with E-state index in [9.17, 15) is 25.2 Å². The predicted octanol–water partition coefficient (Wildman–Crippen LogP) is 7.22. The number of carbonyl (C=O) groups is 1. The van der Waals surface area contributed by atoms with Crippen molar-refractivity contribution >= 4 is 5.78 Å². The lowest BCUT2D eigenvalue weighted by Gasteiger charge is -2.61. The summed E-state index contributed by atoms with van der Waals surface area (Å²) in [5.41, 5.74) is 3.05. The van der Waals surface area contributed by atoms with Crippen LogP contribution >= 0.6 is 0 Å². The molecule has 268 valence electrons. The first kappa shape index (κ1) is 36.2. The summed E-state index contributed by atoms with van der Waals surface area (Å²) >= 11 is 0. The number of aliphatic hydroxyl groups is 4. The lowest BCUT2D eigenvalue weighted by Crippen LogP contribution is -2.58. The minimum atomic E-state index is -1.02. The van der Waals surface area contributed by atoms with Crippen LogP contribution in [0.3, 0.4) is 0 Å². The van der Waals surface area contributed by atoms with Gasteiger partial charge in [-0.05, 0) is 130 Å². The summed E-state index contributed by atoms with van der Waals surface area (Å²) in [6, 6.07) is 6.40. The highest BCUT2D eigenvalue weighted by atomic mass is 16.3. The Hall–Kier alpha value is -1.57. The molecular weight excluding hydrogens is 598 g/mol. The van der Waals surface area contributed by atoms with Crippen molar-refractivity contribution in [3.8, 4) is 0 Å². The Labute approximate surface area is 290 Å². The summed E-state index contributed by atoms with van der Waals surface area (Å²) in [4.78, 5) is 16.7. The van der Waals surface area contributed by atoms with Crippen LogP contribution in [-0.4, -0.2) is 75.2 Å². The van der Waals surface area contributed by atoms with E-state index in [1.807, 2.05) is 0 Å². The summed E-state index contributed by atoms with van der Waals surface area (Å²) in [7, 11) is 0. The van der Waals surface area contributed by atoms with E-state index in [1.54, 1.807) is 0 Å². The maximum absolute atomic E-state index is 14.4. The number of Topliss-reactive ketones (excluding diaryl/α,β-unsaturated/α-hetero) is 1. The van der Waals surface area contributed by atoms with Crippen molar-refractivity contribution in [2.24, 2.45) is 34.5 Å². The highest BCUT2D eigenvalue weighted by Crippen LogP contribution is 2.62. The number of benzene rings is 1. The van der Waals surface area contributed by atoms with Crippen LogP contribution in [0, 0.1) is 34.5 Å². The number of hydrogen-bond donors (Lipinski definition) is 4. The average molecular weight is 664 g/mol. The third-order valence-electron chi connectivity index (χ3n) is 14.6. The first-order valence-electron chi connectivity index (χ1n) is 19.6. The fraction of sp³-hybridized carbons (Fsp3) is 0.786. The third-order valence-corrected chi connectivity index (χ3v) is 14.6. The normalized spacial score (nSPS) is 36.2. The predicted molar refractivity (Wildman–Crippen MR) is 192 cm³/mol. The van der Waals surface area contributed by atoms with E-state index >= 15 is 0 Å². The smallest absolute Gasteiger partial charge is 0.166 e. The molecule has 4 bridgehead atoms. The molecular formula is C42H65NO5. The van der Waals surface area contributed by atoms with Gasteiger partial charge in [-0.1, -0.05) is 63.8 Å². The van der Waals surface area contributed by atoms with Gasteiger partial charge in [0.05, 0.1) is 24.4 Å². The second-order valence-electron chi connectivity index (χ2n) is 17.9. The molecule has 0 heterocycles. The average Bonchev–Trinajstić information content (AvgIpc) is 3.32. The van der Waals surface area contributed by atoms with Crippen molar-refractivity contribution < 1.29 is 25.2 Å². The molecule has 4 N–H and O–H groups in total. The van der Waals surface area contributed by atoms with Crippen molar-refractivity contribution in [3.05, 3.63) is 46.5 Å². The van der Waals surface area contributed by atoms with Gasteiger partial charge in [0.2, 0.25) is 0 Å². The molecule has 5 fully saturated rings. The standard InChI is InChI=1S/C42H65NO5/c1-28-9-8-19-41(4)37(35-17-13-29(21-33(45)16-12-28)22-36(35)39(47)30-10-6-5-7-11-30)18-20-42(41,48)27-43(25-34(46)26-44)24-31-14-15-32-23-38(31)40(32,2)3/h9,13,17,22,30-34,37-38,44-46,48H,5-8,10-12,14-16,18-21,23-27H2,1-4H3/t31-,32-,33-,34-,37-,38-,41-,42+/m0/s1. The summed E-state index contributed by atoms with van der Waals surface area (Å²) < 4.78 is 0. The van der Waals surface area contributed by atoms with Crippen LogP contribution in [0.1, 0.15) is 145 Å². The van der Waals surface area contributed by atoms with Crippen molar-refractivity contribution in [2.75, 3.05) is 26.2 Å². The van der Waals surface area contributed by atoms with Crippen molar-refractivity contribution in [3.63, 3.8) is 0 Å². The van der Waals surface area contributed by atoms with E-state index in [1.165, 1.54) is 31.3 Å². The van der Waals surface area contributed by atoms with Crippen molar-refractivity contribution in [1.29, 1.82) is 0 Å². The summed E-state index contributed by atoms with van der Waals surface area (Å²) in [6.07, 6.45) is 15.2. The summed E-state index contributed by atoms with van der Waals surface area (Å²) in [5, 5.41) is 44.6. The SMILES string of the molecule is CC1=CCC[C@@]2(C)[C@@H](CC[C@@]2(O)CN(C[C@H](O)CO)C[C@@H]2CC[C@H]3C[C@@H]2C3(C)C)c2ccc(cc2C(=O)C2CCCCC2)C[C@@H](O)CC1. The topological polar surface area (TPSA) is 101 Å². The zero-order valence-electron chi connectivity index (χ0n) is 30.4. The maximum Gasteiger partial charge on any atom is 0.166 e. The Morgan fingerprint density at radius 1 is 1.02 bits per heavy atom. The van der Waals surface area contributed by atoms with Crippen LogP contribution in [0.25, 0.3) is 0 Å². The van der Waals surface area contributed by atoms with Gasteiger partial charge in [-0.15, -0.1) is 0 Å². The second kappa shape index (κ2) is 14.6. The zero-order valence-corrected chi connectivity index (χ0v) is 30.4. The van der Waals surface area contributed by atoms with E-state index in [2.05, 4.69) is 56.9 Å². The van der Waals surface area contributed by atoms with Gasteiger partial charge in [-0.2, -0.15) is 0 Å². The highest BCUT2D eigenvalue weighted by molar-refractivity contribution is 5.99. The van der Waals surface area contributed by atoms with Gasteiger partial charge in [0.25, 0.3) is 0 Å². The van der Waals surface area contributed by atoms with Crippen molar-refractivity contribution in [2.45, 2.75) is 148 Å². The molecule has 6 nitrogen and oxygen atoms in total. The van der Waals surface area contributed by atoms with Gasteiger partial charge < -0.3 is 20.4 Å². The Morgan fingerprint density at radius 3 is 2.50 bits per heavy atom. The van der Waals surface area contributed by atoms with Crippen LogP contribution < -0.4 is 0 Å². The molecule has 7 aliphatic rings. The van der Waals surface area contributed by atoms with Crippen LogP contribution in [0.2, 0.25) is 0 Å². The van der Waals surface area contributed by atoms with Crippen molar-refractivity contribution in [1.82, 2.24) is 4.90 Å². The van der Waals surface area contributed by atoms with E-state index in [-0.39, 0.29) is 24.2 Å². The molecule has 0 saturated heterocycles. The fourth-order valence-electron chi connectivity index (χ4n) is 11.2. The van der Waals surface area contributed by atoms with E-state index in [0.717, 1.165) is 80.5 Å². The molecule has 0 unspecified atom stereocenters. The maximum atomic E-state index is 14.4. The lowest BCUT2D eigenvalue weighted by atomic mass is 9.45. The molecule has 48 heavy (non-hydrogen) atoms. The molecule has 0 aliphatic heterocycles. The molecule has 0 aromatic heterocycles.